The molecule has 0 bridgehead atoms. The Balaban J connectivity index is 3.88. The molecule has 0 aromatic rings. The Morgan fingerprint density at radius 2 is 1.90 bits per heavy atom. The molecule has 0 radical (unpaired) electrons. The summed E-state index contributed by atoms with van der Waals surface area (Å²) < 4.78 is 3.94. The maximum Gasteiger partial charge on any atom is 0.444 e. The number of nitrogens with zero attached hydrogens (tertiary/aromatic N) is 1. The molecule has 10 heavy (non-hydrogen) atoms. The maximum absolute atomic E-state index is 10.3. The van der Waals surface area contributed by atoms with E-state index >= 15 is 0 Å². The third-order valence-electron chi connectivity index (χ3n) is 0.418. The highest BCUT2D eigenvalue weighted by Gasteiger charge is 2.00. The molecule has 0 rings (SSSR count). The van der Waals surface area contributed by atoms with Crippen LogP contribution >= 0.6 is 0 Å². The quantitative estimate of drug-likeness (QED) is 0.237. The number of carbonyl (C=O) groups is 1. The van der Waals surface area contributed by atoms with Crippen molar-refractivity contribution in [3.05, 3.63) is 0 Å². The van der Waals surface area contributed by atoms with Gasteiger partial charge in [-0.25, -0.2) is 4.79 Å². The lowest BCUT2D eigenvalue weighted by molar-refractivity contribution is 0.207. The first-order valence-corrected chi connectivity index (χ1v) is 2.18. The van der Waals surface area contributed by atoms with E-state index in [1.807, 2.05) is 0 Å². The molecule has 0 spiro atoms. The van der Waals surface area contributed by atoms with Crippen LogP contribution < -0.4 is 17.2 Å². The lowest BCUT2D eigenvalue weighted by Crippen LogP contribution is -2.26. The van der Waals surface area contributed by atoms with E-state index in [0.29, 0.717) is 0 Å². The Kier molecular flexibility index (Phi) is 2.69. The first-order chi connectivity index (χ1) is 4.52. The van der Waals surface area contributed by atoms with E-state index in [1.165, 1.54) is 0 Å². The van der Waals surface area contributed by atoms with Crippen LogP contribution in [-0.4, -0.2) is 18.1 Å². The molecule has 7 N–H and O–H groups in total. The summed E-state index contributed by atoms with van der Waals surface area (Å²) in [5, 5.41) is 6.45. The van der Waals surface area contributed by atoms with Crippen molar-refractivity contribution in [1.29, 1.82) is 5.41 Å². The van der Waals surface area contributed by atoms with E-state index in [9.17, 15) is 4.79 Å². The standard InChI is InChI=1S/C3H7N5O2/c4-1(5)8-3(9)10-2(6)7/h(H3,6,7)(H4,4,5,8,9). The fourth-order valence-electron chi connectivity index (χ4n) is 0.222. The number of guanidine groups is 1. The highest BCUT2D eigenvalue weighted by molar-refractivity contribution is 5.92. The van der Waals surface area contributed by atoms with Gasteiger partial charge in [-0.2, -0.15) is 0 Å². The number of aliphatic imine (C=N–C) groups is 1. The van der Waals surface area contributed by atoms with Crippen LogP contribution in [0, 0.1) is 5.41 Å². The first-order valence-electron chi connectivity index (χ1n) is 2.18. The molecule has 0 saturated heterocycles. The van der Waals surface area contributed by atoms with Crippen molar-refractivity contribution in [2.75, 3.05) is 0 Å². The Morgan fingerprint density at radius 1 is 1.40 bits per heavy atom. The van der Waals surface area contributed by atoms with Gasteiger partial charge in [-0.05, 0) is 0 Å². The monoisotopic (exact) mass is 145 g/mol. The van der Waals surface area contributed by atoms with Crippen molar-refractivity contribution >= 4 is 18.1 Å². The lowest BCUT2D eigenvalue weighted by atomic mass is 11.0. The topological polar surface area (TPSA) is 141 Å². The van der Waals surface area contributed by atoms with Gasteiger partial charge in [-0.3, -0.25) is 5.41 Å². The maximum atomic E-state index is 10.3. The average molecular weight is 145 g/mol. The van der Waals surface area contributed by atoms with Crippen LogP contribution in [0.15, 0.2) is 4.99 Å². The normalized spacial score (nSPS) is 8.00. The number of amidine groups is 1. The Morgan fingerprint density at radius 3 is 2.20 bits per heavy atom. The third kappa shape index (κ3) is 4.37. The molecule has 0 aromatic carbocycles. The van der Waals surface area contributed by atoms with Crippen molar-refractivity contribution in [1.82, 2.24) is 0 Å². The van der Waals surface area contributed by atoms with Crippen LogP contribution in [0.1, 0.15) is 0 Å². The van der Waals surface area contributed by atoms with Gasteiger partial charge in [-0.1, -0.05) is 0 Å². The van der Waals surface area contributed by atoms with Crippen LogP contribution in [0.4, 0.5) is 4.79 Å². The van der Waals surface area contributed by atoms with Crippen molar-refractivity contribution in [2.45, 2.75) is 0 Å². The fraction of sp³-hybridized carbons (Fsp3) is 0. The largest absolute Gasteiger partial charge is 0.444 e. The van der Waals surface area contributed by atoms with Crippen molar-refractivity contribution in [2.24, 2.45) is 22.2 Å². The zero-order chi connectivity index (χ0) is 8.15. The summed E-state index contributed by atoms with van der Waals surface area (Å²) in [6, 6.07) is -0.755. The molecule has 0 unspecified atom stereocenters. The predicted octanol–water partition coefficient (Wildman–Crippen LogP) is -1.71. The van der Waals surface area contributed by atoms with Crippen LogP contribution in [0.5, 0.6) is 0 Å². The molecule has 0 aromatic heterocycles. The van der Waals surface area contributed by atoms with Gasteiger partial charge in [0.25, 0.3) is 6.02 Å². The minimum absolute atomic E-state index is 0.439. The number of nitrogens with one attached hydrogen (secondary N) is 1. The number of hydrogen-bond acceptors (Lipinski definition) is 3. The number of carbonyl (C=O) groups excluding carboxylic acids is 1. The van der Waals surface area contributed by atoms with E-state index < -0.39 is 18.1 Å². The second kappa shape index (κ2) is 3.28. The molecule has 0 saturated carbocycles. The molecule has 56 valence electrons. The summed E-state index contributed by atoms with van der Waals surface area (Å²) >= 11 is 0. The number of ether oxygens (including phenoxy) is 1. The van der Waals surface area contributed by atoms with Gasteiger partial charge in [0, 0.05) is 0 Å². The molecule has 0 heterocycles. The van der Waals surface area contributed by atoms with Gasteiger partial charge in [-0.15, -0.1) is 4.99 Å². The van der Waals surface area contributed by atoms with Gasteiger partial charge in [0.15, 0.2) is 5.96 Å². The van der Waals surface area contributed by atoms with Gasteiger partial charge >= 0.3 is 6.09 Å². The van der Waals surface area contributed by atoms with Crippen molar-refractivity contribution in [3.8, 4) is 0 Å². The number of hydrogen-bond donors (Lipinski definition) is 4. The molecule has 0 aliphatic heterocycles. The van der Waals surface area contributed by atoms with E-state index in [0.717, 1.165) is 0 Å². The zero-order valence-corrected chi connectivity index (χ0v) is 5.00. The predicted molar refractivity (Wildman–Crippen MR) is 34.2 cm³/mol. The van der Waals surface area contributed by atoms with E-state index in [4.69, 9.17) is 16.9 Å². The van der Waals surface area contributed by atoms with E-state index in [1.54, 1.807) is 0 Å². The second-order valence-electron chi connectivity index (χ2n) is 1.27. The van der Waals surface area contributed by atoms with Crippen LogP contribution in [0.2, 0.25) is 0 Å². The molecule has 1 amide bonds. The Hall–Kier alpha value is -1.79. The highest BCUT2D eigenvalue weighted by atomic mass is 16.6. The molecule has 0 fully saturated rings. The van der Waals surface area contributed by atoms with Crippen LogP contribution in [0.3, 0.4) is 0 Å². The highest BCUT2D eigenvalue weighted by Crippen LogP contribution is 1.79. The molecular formula is C3H7N5O2. The Labute approximate surface area is 56.3 Å². The molecule has 0 aliphatic carbocycles. The number of amides is 1. The minimum Gasteiger partial charge on any atom is -0.375 e. The molecule has 0 atom stereocenters. The van der Waals surface area contributed by atoms with Crippen molar-refractivity contribution < 1.29 is 9.53 Å². The van der Waals surface area contributed by atoms with Crippen molar-refractivity contribution in [3.63, 3.8) is 0 Å². The van der Waals surface area contributed by atoms with E-state index in [2.05, 4.69) is 15.5 Å². The molecule has 0 aliphatic rings. The SMILES string of the molecule is N=C(N)OC(=O)N=C(N)N. The average Bonchev–Trinajstić information content (AvgIpc) is 1.58. The van der Waals surface area contributed by atoms with Crippen LogP contribution in [-0.2, 0) is 4.74 Å². The van der Waals surface area contributed by atoms with Gasteiger partial charge < -0.3 is 21.9 Å². The summed E-state index contributed by atoms with van der Waals surface area (Å²) in [7, 11) is 0. The van der Waals surface area contributed by atoms with Gasteiger partial charge in [0.2, 0.25) is 0 Å². The Bertz CT molecular complexity index is 181. The van der Waals surface area contributed by atoms with E-state index in [-0.39, 0.29) is 0 Å². The summed E-state index contributed by atoms with van der Waals surface area (Å²) in [4.78, 5) is 13.2. The van der Waals surface area contributed by atoms with Gasteiger partial charge in [0.1, 0.15) is 0 Å². The first kappa shape index (κ1) is 8.21. The summed E-state index contributed by atoms with van der Waals surface area (Å²) in [6.45, 7) is 0. The number of nitrogens with two attached hydrogens (primary N) is 3. The lowest BCUT2D eigenvalue weighted by Gasteiger charge is -1.94. The summed E-state index contributed by atoms with van der Waals surface area (Å²) in [6.07, 6.45) is -1.10. The molecule has 7 heteroatoms. The minimum atomic E-state index is -1.10. The second-order valence-corrected chi connectivity index (χ2v) is 1.27. The van der Waals surface area contributed by atoms with Crippen LogP contribution in [0.25, 0.3) is 0 Å². The van der Waals surface area contributed by atoms with Gasteiger partial charge in [0.05, 0.1) is 0 Å². The molecule has 7 nitrogen and oxygen atoms in total. The zero-order valence-electron chi connectivity index (χ0n) is 5.00. The number of rotatable bonds is 0. The molecular weight excluding hydrogens is 138 g/mol. The summed E-state index contributed by atoms with van der Waals surface area (Å²) in [5.74, 6) is -0.439. The summed E-state index contributed by atoms with van der Waals surface area (Å²) in [5.41, 5.74) is 14.2. The smallest absolute Gasteiger partial charge is 0.375 e. The fourth-order valence-corrected chi connectivity index (χ4v) is 0.222. The third-order valence-corrected chi connectivity index (χ3v) is 0.418.